The Hall–Kier alpha value is -8.47. The lowest BCUT2D eigenvalue weighted by Gasteiger charge is -2.24. The number of benzene rings is 10. The molecule has 0 spiro atoms. The molecule has 0 radical (unpaired) electrons. The van der Waals surface area contributed by atoms with Gasteiger partial charge in [-0.15, -0.1) is 0 Å². The Labute approximate surface area is 382 Å². The SMILES string of the molecule is CC1(C)c2ccccc2-c2cccc(-c3nc(-c4ccccc4)nc(-c4ccc(-c5cccc6oc7ccc(-c8c(-c9ccccc9)c9ccccc9c9ccccc89)cc7c56)cc4)n3)c21. The molecule has 4 heteroatoms. The first-order valence-corrected chi connectivity index (χ1v) is 22.6. The summed E-state index contributed by atoms with van der Waals surface area (Å²) in [5.41, 5.74) is 16.4. The van der Waals surface area contributed by atoms with Crippen LogP contribution in [0.4, 0.5) is 0 Å². The first kappa shape index (κ1) is 38.0. The van der Waals surface area contributed by atoms with Crippen molar-refractivity contribution in [1.82, 2.24) is 15.0 Å². The molecular weight excluding hydrogens is 803 g/mol. The second kappa shape index (κ2) is 14.8. The maximum atomic E-state index is 6.62. The van der Waals surface area contributed by atoms with Crippen LogP contribution in [0.25, 0.3) is 122 Å². The fourth-order valence-electron chi connectivity index (χ4n) is 10.7. The standard InChI is InChI=1S/C62H41N3O/c1-62(2)52-29-14-13-23-46(52)49-27-15-28-50(58(49)62)61-64-59(40-19-7-4-8-20-40)63-60(65-61)41-33-31-38(32-34-41)43-26-16-30-54-57(43)51-37-42(35-36-53(51)66-54)56-48-25-12-10-22-45(48)44-21-9-11-24-47(44)55(56)39-17-5-3-6-18-39/h3-37H,1-2H3. The van der Waals surface area contributed by atoms with Crippen LogP contribution in [0.3, 0.4) is 0 Å². The van der Waals surface area contributed by atoms with Gasteiger partial charge in [-0.2, -0.15) is 0 Å². The molecule has 310 valence electrons. The zero-order valence-electron chi connectivity index (χ0n) is 36.5. The third-order valence-corrected chi connectivity index (χ3v) is 13.7. The van der Waals surface area contributed by atoms with Gasteiger partial charge in [0, 0.05) is 32.9 Å². The van der Waals surface area contributed by atoms with E-state index in [1.807, 2.05) is 18.2 Å². The second-order valence-electron chi connectivity index (χ2n) is 17.8. The van der Waals surface area contributed by atoms with Crippen molar-refractivity contribution in [2.24, 2.45) is 0 Å². The van der Waals surface area contributed by atoms with E-state index < -0.39 is 0 Å². The number of nitrogens with zero attached hydrogens (tertiary/aromatic N) is 3. The third kappa shape index (κ3) is 5.88. The molecule has 12 aromatic rings. The van der Waals surface area contributed by atoms with E-state index in [4.69, 9.17) is 19.4 Å². The highest BCUT2D eigenvalue weighted by Crippen LogP contribution is 2.52. The lowest BCUT2D eigenvalue weighted by Crippen LogP contribution is -2.17. The van der Waals surface area contributed by atoms with E-state index in [1.54, 1.807) is 0 Å². The van der Waals surface area contributed by atoms with Crippen molar-refractivity contribution < 1.29 is 4.42 Å². The van der Waals surface area contributed by atoms with Crippen molar-refractivity contribution in [1.29, 1.82) is 0 Å². The minimum absolute atomic E-state index is 0.226. The van der Waals surface area contributed by atoms with Crippen molar-refractivity contribution >= 4 is 43.5 Å². The Morgan fingerprint density at radius 3 is 1.55 bits per heavy atom. The van der Waals surface area contributed by atoms with Crippen molar-refractivity contribution in [3.63, 3.8) is 0 Å². The molecule has 0 fully saturated rings. The molecule has 2 heterocycles. The van der Waals surface area contributed by atoms with Crippen LogP contribution in [-0.2, 0) is 5.41 Å². The van der Waals surface area contributed by atoms with E-state index in [9.17, 15) is 0 Å². The zero-order valence-corrected chi connectivity index (χ0v) is 36.5. The fourth-order valence-corrected chi connectivity index (χ4v) is 10.7. The van der Waals surface area contributed by atoms with Gasteiger partial charge in [0.15, 0.2) is 17.5 Å². The Morgan fingerprint density at radius 1 is 0.333 bits per heavy atom. The molecule has 0 N–H and O–H groups in total. The Kier molecular flexibility index (Phi) is 8.53. The van der Waals surface area contributed by atoms with E-state index in [0.717, 1.165) is 55.3 Å². The summed E-state index contributed by atoms with van der Waals surface area (Å²) in [4.78, 5) is 15.6. The van der Waals surface area contributed by atoms with Crippen molar-refractivity contribution in [2.75, 3.05) is 0 Å². The smallest absolute Gasteiger partial charge is 0.164 e. The first-order chi connectivity index (χ1) is 32.5. The van der Waals surface area contributed by atoms with Crippen LogP contribution in [0.1, 0.15) is 25.0 Å². The predicted molar refractivity (Wildman–Crippen MR) is 272 cm³/mol. The topological polar surface area (TPSA) is 51.8 Å². The molecule has 0 unspecified atom stereocenters. The van der Waals surface area contributed by atoms with Crippen LogP contribution in [0.5, 0.6) is 0 Å². The highest BCUT2D eigenvalue weighted by Gasteiger charge is 2.38. The molecule has 2 aromatic heterocycles. The van der Waals surface area contributed by atoms with Gasteiger partial charge in [0.2, 0.25) is 0 Å². The van der Waals surface area contributed by atoms with Gasteiger partial charge in [0.05, 0.1) is 0 Å². The molecular formula is C62H41N3O. The molecule has 0 atom stereocenters. The van der Waals surface area contributed by atoms with Crippen LogP contribution in [0.2, 0.25) is 0 Å². The average Bonchev–Trinajstić information content (AvgIpc) is 3.87. The quantitative estimate of drug-likeness (QED) is 0.157. The van der Waals surface area contributed by atoms with Crippen molar-refractivity contribution in [3.05, 3.63) is 223 Å². The summed E-state index contributed by atoms with van der Waals surface area (Å²) >= 11 is 0. The van der Waals surface area contributed by atoms with Gasteiger partial charge in [0.25, 0.3) is 0 Å². The summed E-state index contributed by atoms with van der Waals surface area (Å²) in [5.74, 6) is 1.94. The Bertz CT molecular complexity index is 3890. The normalized spacial score (nSPS) is 12.8. The number of fused-ring (bicyclic) bond motifs is 9. The van der Waals surface area contributed by atoms with Crippen LogP contribution < -0.4 is 0 Å². The summed E-state index contributed by atoms with van der Waals surface area (Å²) in [7, 11) is 0. The summed E-state index contributed by atoms with van der Waals surface area (Å²) in [6.07, 6.45) is 0. The average molecular weight is 844 g/mol. The summed E-state index contributed by atoms with van der Waals surface area (Å²) in [6.45, 7) is 4.61. The van der Waals surface area contributed by atoms with Crippen LogP contribution in [0, 0.1) is 0 Å². The van der Waals surface area contributed by atoms with Gasteiger partial charge in [-0.1, -0.05) is 208 Å². The van der Waals surface area contributed by atoms with Crippen molar-refractivity contribution in [2.45, 2.75) is 19.3 Å². The molecule has 0 amide bonds. The molecule has 1 aliphatic rings. The molecule has 0 saturated heterocycles. The fraction of sp³-hybridized carbons (Fsp3) is 0.0484. The maximum absolute atomic E-state index is 6.62. The summed E-state index contributed by atoms with van der Waals surface area (Å²) < 4.78 is 6.62. The third-order valence-electron chi connectivity index (χ3n) is 13.7. The first-order valence-electron chi connectivity index (χ1n) is 22.6. The summed E-state index contributed by atoms with van der Waals surface area (Å²) in [5, 5.41) is 7.11. The Balaban J connectivity index is 0.954. The van der Waals surface area contributed by atoms with E-state index in [2.05, 4.69) is 208 Å². The number of furan rings is 1. The Morgan fingerprint density at radius 2 is 0.833 bits per heavy atom. The van der Waals surface area contributed by atoms with Gasteiger partial charge in [-0.3, -0.25) is 0 Å². The number of rotatable bonds is 6. The number of hydrogen-bond donors (Lipinski definition) is 0. The van der Waals surface area contributed by atoms with Crippen molar-refractivity contribution in [3.8, 4) is 78.7 Å². The lowest BCUT2D eigenvalue weighted by atomic mass is 9.80. The van der Waals surface area contributed by atoms with E-state index in [-0.39, 0.29) is 5.41 Å². The molecule has 66 heavy (non-hydrogen) atoms. The van der Waals surface area contributed by atoms with E-state index in [0.29, 0.717) is 17.5 Å². The number of aromatic nitrogens is 3. The number of hydrogen-bond acceptors (Lipinski definition) is 4. The lowest BCUT2D eigenvalue weighted by molar-refractivity contribution is 0.661. The molecule has 13 rings (SSSR count). The van der Waals surface area contributed by atoms with Crippen LogP contribution in [-0.4, -0.2) is 15.0 Å². The monoisotopic (exact) mass is 843 g/mol. The molecule has 0 bridgehead atoms. The molecule has 0 saturated carbocycles. The highest BCUT2D eigenvalue weighted by molar-refractivity contribution is 6.22. The predicted octanol–water partition coefficient (Wildman–Crippen LogP) is 16.4. The maximum Gasteiger partial charge on any atom is 0.164 e. The van der Waals surface area contributed by atoms with Gasteiger partial charge < -0.3 is 4.42 Å². The molecule has 10 aromatic carbocycles. The minimum Gasteiger partial charge on any atom is -0.456 e. The largest absolute Gasteiger partial charge is 0.456 e. The van der Waals surface area contributed by atoms with Gasteiger partial charge in [0.1, 0.15) is 11.2 Å². The van der Waals surface area contributed by atoms with Gasteiger partial charge in [-0.05, 0) is 95.4 Å². The molecule has 0 aliphatic heterocycles. The zero-order chi connectivity index (χ0) is 43.9. The summed E-state index contributed by atoms with van der Waals surface area (Å²) in [6, 6.07) is 75.5. The van der Waals surface area contributed by atoms with Gasteiger partial charge >= 0.3 is 0 Å². The second-order valence-corrected chi connectivity index (χ2v) is 17.8. The van der Waals surface area contributed by atoms with Gasteiger partial charge in [-0.25, -0.2) is 15.0 Å². The van der Waals surface area contributed by atoms with Crippen LogP contribution in [0.15, 0.2) is 217 Å². The highest BCUT2D eigenvalue weighted by atomic mass is 16.3. The van der Waals surface area contributed by atoms with Crippen LogP contribution >= 0.6 is 0 Å². The van der Waals surface area contributed by atoms with E-state index in [1.165, 1.54) is 60.5 Å². The molecule has 4 nitrogen and oxygen atoms in total. The minimum atomic E-state index is -0.226. The van der Waals surface area contributed by atoms with E-state index >= 15 is 0 Å². The molecule has 1 aliphatic carbocycles.